The van der Waals surface area contributed by atoms with Gasteiger partial charge in [-0.3, -0.25) is 9.59 Å². The fourth-order valence-electron chi connectivity index (χ4n) is 2.48. The van der Waals surface area contributed by atoms with Gasteiger partial charge in [-0.05, 0) is 38.4 Å². The minimum absolute atomic E-state index is 0.133. The molecule has 9 heteroatoms. The highest BCUT2D eigenvalue weighted by Crippen LogP contribution is 2.13. The summed E-state index contributed by atoms with van der Waals surface area (Å²) in [7, 11) is 0.148. The quantitative estimate of drug-likeness (QED) is 0.652. The van der Waals surface area contributed by atoms with E-state index in [2.05, 4.69) is 4.72 Å². The number of likely N-dealkylation sites (N-methyl/N-ethyl adjacent to an activating group) is 1. The number of nitrogens with zero attached hydrogens (tertiary/aromatic N) is 3. The lowest BCUT2D eigenvalue weighted by Gasteiger charge is -2.32. The van der Waals surface area contributed by atoms with Gasteiger partial charge in [0, 0.05) is 44.8 Å². The molecular formula is C16H24N4O4S. The number of hydrogen-bond acceptors (Lipinski definition) is 5. The summed E-state index contributed by atoms with van der Waals surface area (Å²) < 4.78 is 26.9. The van der Waals surface area contributed by atoms with Crippen LogP contribution in [0.15, 0.2) is 29.2 Å². The number of hydrogen-bond donors (Lipinski definition) is 1. The number of benzene rings is 1. The summed E-state index contributed by atoms with van der Waals surface area (Å²) in [6.45, 7) is 2.89. The molecule has 25 heavy (non-hydrogen) atoms. The summed E-state index contributed by atoms with van der Waals surface area (Å²) >= 11 is 0. The Hall–Kier alpha value is -1.97. The minimum atomic E-state index is -3.58. The van der Waals surface area contributed by atoms with Crippen LogP contribution in [-0.4, -0.2) is 88.8 Å². The molecule has 0 aliphatic carbocycles. The maximum atomic E-state index is 12.5. The van der Waals surface area contributed by atoms with Gasteiger partial charge in [-0.2, -0.15) is 0 Å². The molecule has 8 nitrogen and oxygen atoms in total. The Balaban J connectivity index is 1.99. The van der Waals surface area contributed by atoms with Gasteiger partial charge in [-0.15, -0.1) is 0 Å². The first-order valence-electron chi connectivity index (χ1n) is 8.06. The van der Waals surface area contributed by atoms with Crippen molar-refractivity contribution in [3.8, 4) is 0 Å². The SMILES string of the molecule is CN(C)CCNS(=O)(=O)c1ccc(C(=O)N2CCN(C=O)CC2)cc1. The normalized spacial score (nSPS) is 15.5. The third-order valence-electron chi connectivity index (χ3n) is 4.01. The van der Waals surface area contributed by atoms with Crippen LogP contribution in [0.5, 0.6) is 0 Å². The highest BCUT2D eigenvalue weighted by Gasteiger charge is 2.22. The zero-order valence-corrected chi connectivity index (χ0v) is 15.3. The van der Waals surface area contributed by atoms with E-state index in [1.807, 2.05) is 19.0 Å². The van der Waals surface area contributed by atoms with E-state index in [-0.39, 0.29) is 10.8 Å². The molecule has 1 saturated heterocycles. The second-order valence-corrected chi connectivity index (χ2v) is 7.93. The Morgan fingerprint density at radius 3 is 2.28 bits per heavy atom. The molecule has 0 saturated carbocycles. The highest BCUT2D eigenvalue weighted by molar-refractivity contribution is 7.89. The smallest absolute Gasteiger partial charge is 0.253 e. The highest BCUT2D eigenvalue weighted by atomic mass is 32.2. The maximum absolute atomic E-state index is 12.5. The van der Waals surface area contributed by atoms with Crippen LogP contribution in [0.25, 0.3) is 0 Å². The average Bonchev–Trinajstić information content (AvgIpc) is 2.61. The number of nitrogens with one attached hydrogen (secondary N) is 1. The molecule has 0 bridgehead atoms. The Labute approximate surface area is 148 Å². The number of amides is 2. The molecule has 1 N–H and O–H groups in total. The number of carbonyl (C=O) groups excluding carboxylic acids is 2. The van der Waals surface area contributed by atoms with Crippen molar-refractivity contribution < 1.29 is 18.0 Å². The number of carbonyl (C=O) groups is 2. The molecule has 1 heterocycles. The molecule has 138 valence electrons. The Morgan fingerprint density at radius 1 is 1.16 bits per heavy atom. The molecule has 0 spiro atoms. The standard InChI is InChI=1S/C16H24N4O4S/c1-18(2)8-7-17-25(23,24)15-5-3-14(4-6-15)16(22)20-11-9-19(13-21)10-12-20/h3-6,13,17H,7-12H2,1-2H3. The molecular weight excluding hydrogens is 344 g/mol. The summed E-state index contributed by atoms with van der Waals surface area (Å²) in [5.74, 6) is -0.157. The van der Waals surface area contributed by atoms with Gasteiger partial charge in [0.05, 0.1) is 4.90 Å². The van der Waals surface area contributed by atoms with Crippen LogP contribution in [0, 0.1) is 0 Å². The van der Waals surface area contributed by atoms with E-state index < -0.39 is 10.0 Å². The number of sulfonamides is 1. The molecule has 0 atom stereocenters. The van der Waals surface area contributed by atoms with Crippen molar-refractivity contribution in [2.45, 2.75) is 4.90 Å². The molecule has 1 aliphatic rings. The van der Waals surface area contributed by atoms with Crippen molar-refractivity contribution in [1.29, 1.82) is 0 Å². The van der Waals surface area contributed by atoms with Crippen LogP contribution < -0.4 is 4.72 Å². The van der Waals surface area contributed by atoms with Crippen molar-refractivity contribution >= 4 is 22.3 Å². The van der Waals surface area contributed by atoms with E-state index in [1.165, 1.54) is 24.3 Å². The van der Waals surface area contributed by atoms with Gasteiger partial charge >= 0.3 is 0 Å². The first-order chi connectivity index (χ1) is 11.8. The molecule has 1 aromatic rings. The lowest BCUT2D eigenvalue weighted by Crippen LogP contribution is -2.48. The van der Waals surface area contributed by atoms with E-state index in [0.29, 0.717) is 44.8 Å². The lowest BCUT2D eigenvalue weighted by atomic mass is 10.2. The molecule has 2 amide bonds. The van der Waals surface area contributed by atoms with Gasteiger partial charge in [0.25, 0.3) is 5.91 Å². The van der Waals surface area contributed by atoms with E-state index in [0.717, 1.165) is 6.41 Å². The predicted octanol–water partition coefficient (Wildman–Crippen LogP) is -0.559. The van der Waals surface area contributed by atoms with Crippen LogP contribution in [0.3, 0.4) is 0 Å². The topological polar surface area (TPSA) is 90.0 Å². The van der Waals surface area contributed by atoms with Gasteiger partial charge in [-0.25, -0.2) is 13.1 Å². The van der Waals surface area contributed by atoms with Crippen molar-refractivity contribution in [2.75, 3.05) is 53.4 Å². The van der Waals surface area contributed by atoms with Gasteiger partial charge in [0.1, 0.15) is 0 Å². The minimum Gasteiger partial charge on any atom is -0.342 e. The van der Waals surface area contributed by atoms with Crippen LogP contribution in [0.1, 0.15) is 10.4 Å². The lowest BCUT2D eigenvalue weighted by molar-refractivity contribution is -0.119. The third kappa shape index (κ3) is 5.25. The molecule has 2 rings (SSSR count). The van der Waals surface area contributed by atoms with Crippen molar-refractivity contribution in [3.63, 3.8) is 0 Å². The maximum Gasteiger partial charge on any atom is 0.253 e. The number of rotatable bonds is 7. The van der Waals surface area contributed by atoms with Crippen LogP contribution in [0.4, 0.5) is 0 Å². The average molecular weight is 368 g/mol. The van der Waals surface area contributed by atoms with E-state index in [4.69, 9.17) is 0 Å². The third-order valence-corrected chi connectivity index (χ3v) is 5.49. The zero-order chi connectivity index (χ0) is 18.4. The van der Waals surface area contributed by atoms with Crippen LogP contribution in [-0.2, 0) is 14.8 Å². The largest absolute Gasteiger partial charge is 0.342 e. The fourth-order valence-corrected chi connectivity index (χ4v) is 3.50. The monoisotopic (exact) mass is 368 g/mol. The summed E-state index contributed by atoms with van der Waals surface area (Å²) in [5, 5.41) is 0. The second-order valence-electron chi connectivity index (χ2n) is 6.16. The fraction of sp³-hybridized carbons (Fsp3) is 0.500. The molecule has 1 aliphatic heterocycles. The van der Waals surface area contributed by atoms with E-state index in [1.54, 1.807) is 9.80 Å². The van der Waals surface area contributed by atoms with Gasteiger partial charge in [0.15, 0.2) is 0 Å². The van der Waals surface area contributed by atoms with Gasteiger partial charge in [0.2, 0.25) is 16.4 Å². The number of piperazine rings is 1. The molecule has 1 aromatic carbocycles. The van der Waals surface area contributed by atoms with Crippen LogP contribution >= 0.6 is 0 Å². The molecule has 0 radical (unpaired) electrons. The Bertz CT molecular complexity index is 695. The van der Waals surface area contributed by atoms with Crippen LogP contribution in [0.2, 0.25) is 0 Å². The van der Waals surface area contributed by atoms with E-state index in [9.17, 15) is 18.0 Å². The zero-order valence-electron chi connectivity index (χ0n) is 14.5. The molecule has 0 aromatic heterocycles. The van der Waals surface area contributed by atoms with Crippen molar-refractivity contribution in [2.24, 2.45) is 0 Å². The van der Waals surface area contributed by atoms with Crippen molar-refractivity contribution in [3.05, 3.63) is 29.8 Å². The van der Waals surface area contributed by atoms with Gasteiger partial charge < -0.3 is 14.7 Å². The first kappa shape index (κ1) is 19.4. The summed E-state index contributed by atoms with van der Waals surface area (Å²) in [6, 6.07) is 5.92. The van der Waals surface area contributed by atoms with E-state index >= 15 is 0 Å². The van der Waals surface area contributed by atoms with Crippen molar-refractivity contribution in [1.82, 2.24) is 19.4 Å². The summed E-state index contributed by atoms with van der Waals surface area (Å²) in [4.78, 5) is 28.5. The summed E-state index contributed by atoms with van der Waals surface area (Å²) in [5.41, 5.74) is 0.437. The summed E-state index contributed by atoms with van der Waals surface area (Å²) in [6.07, 6.45) is 0.783. The Kier molecular flexibility index (Phi) is 6.51. The predicted molar refractivity (Wildman–Crippen MR) is 93.7 cm³/mol. The van der Waals surface area contributed by atoms with Gasteiger partial charge in [-0.1, -0.05) is 0 Å². The second kappa shape index (κ2) is 8.41. The molecule has 1 fully saturated rings. The first-order valence-corrected chi connectivity index (χ1v) is 9.55. The Morgan fingerprint density at radius 2 is 1.76 bits per heavy atom. The molecule has 0 unspecified atom stereocenters.